The fraction of sp³-hybridized carbons (Fsp3) is 0.568. The quantitative estimate of drug-likeness (QED) is 0.0319. The minimum Gasteiger partial charge on any atom is -0.477 e. The monoisotopic (exact) mass is 725 g/mol. The number of rotatable bonds is 32. The second kappa shape index (κ2) is 34.3. The van der Waals surface area contributed by atoms with Crippen LogP contribution < -0.4 is 0 Å². The fourth-order valence-electron chi connectivity index (χ4n) is 4.82. The molecule has 0 saturated heterocycles. The Morgan fingerprint density at radius 1 is 0.596 bits per heavy atom. The van der Waals surface area contributed by atoms with Crippen LogP contribution in [0.5, 0.6) is 0 Å². The molecule has 0 radical (unpaired) electrons. The molecule has 0 rings (SSSR count). The summed E-state index contributed by atoms with van der Waals surface area (Å²) in [5, 5.41) is 9.57. The van der Waals surface area contributed by atoms with Crippen LogP contribution in [0.3, 0.4) is 0 Å². The van der Waals surface area contributed by atoms with E-state index in [0.717, 1.165) is 70.6 Å². The Morgan fingerprint density at radius 2 is 1.08 bits per heavy atom. The topological polar surface area (TPSA) is 99.1 Å². The van der Waals surface area contributed by atoms with Gasteiger partial charge in [0, 0.05) is 12.8 Å². The van der Waals surface area contributed by atoms with Gasteiger partial charge in [-0.1, -0.05) is 117 Å². The Labute approximate surface area is 316 Å². The van der Waals surface area contributed by atoms with Gasteiger partial charge in [-0.05, 0) is 70.6 Å². The molecule has 2 atom stereocenters. The summed E-state index contributed by atoms with van der Waals surface area (Å²) in [5.41, 5.74) is 0. The van der Waals surface area contributed by atoms with Crippen molar-refractivity contribution in [3.8, 4) is 0 Å². The van der Waals surface area contributed by atoms with Gasteiger partial charge in [-0.25, -0.2) is 4.79 Å². The van der Waals surface area contributed by atoms with Crippen molar-refractivity contribution < 1.29 is 38.2 Å². The number of ether oxygens (including phenoxy) is 3. The van der Waals surface area contributed by atoms with E-state index in [1.54, 1.807) is 6.08 Å². The second-order valence-corrected chi connectivity index (χ2v) is 13.4. The predicted molar refractivity (Wildman–Crippen MR) is 215 cm³/mol. The molecule has 0 aromatic rings. The second-order valence-electron chi connectivity index (χ2n) is 13.4. The number of carbonyl (C=O) groups excluding carboxylic acids is 2. The Balaban J connectivity index is 4.54. The first-order valence-electron chi connectivity index (χ1n) is 19.3. The number of carboxylic acids is 1. The molecule has 0 fully saturated rings. The van der Waals surface area contributed by atoms with Crippen molar-refractivity contribution in [3.63, 3.8) is 0 Å². The fourth-order valence-corrected chi connectivity index (χ4v) is 4.82. The third kappa shape index (κ3) is 32.2. The number of unbranched alkanes of at least 4 members (excludes halogenated alkanes) is 3. The lowest BCUT2D eigenvalue weighted by molar-refractivity contribution is -0.887. The summed E-state index contributed by atoms with van der Waals surface area (Å²) in [6.07, 6.45) is 45.0. The minimum atomic E-state index is -0.897. The Kier molecular flexibility index (Phi) is 31.9. The van der Waals surface area contributed by atoms with E-state index < -0.39 is 24.1 Å². The first-order chi connectivity index (χ1) is 25.1. The number of aliphatic carboxylic acids is 1. The average molecular weight is 725 g/mol. The van der Waals surface area contributed by atoms with E-state index in [1.165, 1.54) is 0 Å². The van der Waals surface area contributed by atoms with Crippen LogP contribution in [0.25, 0.3) is 0 Å². The van der Waals surface area contributed by atoms with Crippen molar-refractivity contribution >= 4 is 17.9 Å². The molecule has 0 spiro atoms. The van der Waals surface area contributed by atoms with Crippen molar-refractivity contribution in [2.75, 3.05) is 41.0 Å². The van der Waals surface area contributed by atoms with E-state index in [9.17, 15) is 19.5 Å². The van der Waals surface area contributed by atoms with Crippen LogP contribution in [-0.2, 0) is 28.6 Å². The summed E-state index contributed by atoms with van der Waals surface area (Å²) >= 11 is 0. The van der Waals surface area contributed by atoms with Crippen LogP contribution in [0.2, 0.25) is 0 Å². The maximum atomic E-state index is 12.6. The average Bonchev–Trinajstić information content (AvgIpc) is 3.09. The zero-order valence-electron chi connectivity index (χ0n) is 33.0. The molecule has 0 amide bonds. The molecule has 1 N–H and O–H groups in total. The van der Waals surface area contributed by atoms with E-state index in [0.29, 0.717) is 12.8 Å². The number of hydrogen-bond acceptors (Lipinski definition) is 6. The number of quaternary nitrogens is 1. The number of esters is 2. The molecule has 52 heavy (non-hydrogen) atoms. The molecule has 0 aliphatic carbocycles. The lowest BCUT2D eigenvalue weighted by Crippen LogP contribution is -2.50. The van der Waals surface area contributed by atoms with Gasteiger partial charge >= 0.3 is 17.9 Å². The Morgan fingerprint density at radius 3 is 1.56 bits per heavy atom. The predicted octanol–water partition coefficient (Wildman–Crippen LogP) is 9.96. The van der Waals surface area contributed by atoms with Crippen molar-refractivity contribution in [1.82, 2.24) is 0 Å². The smallest absolute Gasteiger partial charge is 0.362 e. The summed E-state index contributed by atoms with van der Waals surface area (Å²) in [5.74, 6) is -1.68. The molecule has 0 aromatic carbocycles. The van der Waals surface area contributed by atoms with Crippen molar-refractivity contribution in [2.24, 2.45) is 0 Å². The summed E-state index contributed by atoms with van der Waals surface area (Å²) in [6.45, 7) is 4.31. The first-order valence-corrected chi connectivity index (χ1v) is 19.3. The van der Waals surface area contributed by atoms with Crippen LogP contribution in [0.15, 0.2) is 97.2 Å². The number of likely N-dealkylation sites (N-methyl/N-ethyl adjacent to an activating group) is 1. The van der Waals surface area contributed by atoms with E-state index in [-0.39, 0.29) is 43.1 Å². The van der Waals surface area contributed by atoms with Crippen molar-refractivity contribution in [3.05, 3.63) is 97.2 Å². The van der Waals surface area contributed by atoms with Crippen LogP contribution in [0.4, 0.5) is 0 Å². The zero-order valence-corrected chi connectivity index (χ0v) is 33.0. The van der Waals surface area contributed by atoms with E-state index in [1.807, 2.05) is 33.3 Å². The molecule has 0 bridgehead atoms. The summed E-state index contributed by atoms with van der Waals surface area (Å²) in [7, 11) is 5.46. The molecule has 0 aliphatic rings. The van der Waals surface area contributed by atoms with Gasteiger partial charge in [0.05, 0.1) is 40.8 Å². The van der Waals surface area contributed by atoms with Gasteiger partial charge in [0.1, 0.15) is 6.61 Å². The summed E-state index contributed by atoms with van der Waals surface area (Å²) in [4.78, 5) is 36.7. The zero-order chi connectivity index (χ0) is 38.5. The number of nitrogens with zero attached hydrogens (tertiary/aromatic N) is 1. The maximum Gasteiger partial charge on any atom is 0.362 e. The highest BCUT2D eigenvalue weighted by molar-refractivity contribution is 5.72. The van der Waals surface area contributed by atoms with Gasteiger partial charge in [0.15, 0.2) is 12.1 Å². The van der Waals surface area contributed by atoms with Crippen LogP contribution in [0.1, 0.15) is 110 Å². The van der Waals surface area contributed by atoms with Crippen molar-refractivity contribution in [1.29, 1.82) is 0 Å². The van der Waals surface area contributed by atoms with Gasteiger partial charge in [-0.15, -0.1) is 0 Å². The Hall–Kier alpha value is -3.75. The molecular weight excluding hydrogens is 654 g/mol. The van der Waals surface area contributed by atoms with E-state index in [2.05, 4.69) is 92.8 Å². The van der Waals surface area contributed by atoms with Crippen LogP contribution in [0, 0.1) is 0 Å². The van der Waals surface area contributed by atoms with Crippen molar-refractivity contribution in [2.45, 2.75) is 122 Å². The molecule has 8 nitrogen and oxygen atoms in total. The molecule has 0 aromatic heterocycles. The number of hydrogen-bond donors (Lipinski definition) is 1. The third-order valence-electron chi connectivity index (χ3n) is 7.76. The lowest BCUT2D eigenvalue weighted by Gasteiger charge is -2.31. The van der Waals surface area contributed by atoms with E-state index >= 15 is 0 Å². The molecule has 0 heterocycles. The largest absolute Gasteiger partial charge is 0.477 e. The first kappa shape index (κ1) is 48.2. The highest BCUT2D eigenvalue weighted by Gasteiger charge is 2.31. The summed E-state index contributed by atoms with van der Waals surface area (Å²) in [6, 6.07) is -0.636. The SMILES string of the molecule is CC/C=C/C/C=C/C/C=C/C/C=C/C/C=C/CCCCCC(=O)OC(COCCC(C(=O)O)[N+](C)(C)C)COC(=O)C/C=C/C/C=C/C/C=C/CC. The van der Waals surface area contributed by atoms with Gasteiger partial charge in [-0.3, -0.25) is 9.59 Å². The molecule has 0 aliphatic heterocycles. The Bertz CT molecular complexity index is 1170. The minimum absolute atomic E-state index is 0.0136. The lowest BCUT2D eigenvalue weighted by atomic mass is 10.1. The highest BCUT2D eigenvalue weighted by Crippen LogP contribution is 2.11. The number of allylic oxidation sites excluding steroid dienone is 15. The highest BCUT2D eigenvalue weighted by atomic mass is 16.6. The number of carbonyl (C=O) groups is 3. The summed E-state index contributed by atoms with van der Waals surface area (Å²) < 4.78 is 17.0. The van der Waals surface area contributed by atoms with E-state index in [4.69, 9.17) is 14.2 Å². The van der Waals surface area contributed by atoms with Gasteiger partial charge in [0.25, 0.3) is 0 Å². The standard InChI is InChI=1S/C44H69NO7/c1-6-8-10-12-14-16-17-18-19-20-21-22-23-24-25-27-29-31-33-35-43(47)52-40(38-50-37-36-41(44(48)49)45(3,4)5)39-51-42(46)34-32-30-28-26-15-13-11-9-7-2/h8-11,14-16,18-19,21-22,24-26,30,32,40-41H,6-7,12-13,17,20,23,27-29,31,33-39H2,1-5H3/p+1/b10-8+,11-9+,16-14+,19-18+,22-21+,25-24+,26-15+,32-30+. The molecule has 8 heteroatoms. The normalized spacial score (nSPS) is 14.1. The van der Waals surface area contributed by atoms with Crippen LogP contribution >= 0.6 is 0 Å². The number of carboxylic acid groups (broad SMARTS) is 1. The maximum absolute atomic E-state index is 12.6. The molecule has 0 saturated carbocycles. The van der Waals surface area contributed by atoms with Gasteiger partial charge < -0.3 is 23.8 Å². The molecule has 2 unspecified atom stereocenters. The van der Waals surface area contributed by atoms with Crippen LogP contribution in [-0.4, -0.2) is 80.6 Å². The molecular formula is C44H70NO7+. The van der Waals surface area contributed by atoms with Gasteiger partial charge in [0.2, 0.25) is 0 Å². The third-order valence-corrected chi connectivity index (χ3v) is 7.76. The van der Waals surface area contributed by atoms with Gasteiger partial charge in [-0.2, -0.15) is 0 Å². The molecule has 292 valence electrons.